The quantitative estimate of drug-likeness (QED) is 0.904. The topological polar surface area (TPSA) is 38.3 Å². The highest BCUT2D eigenvalue weighted by atomic mass is 35.5. The molecule has 2 aromatic carbocycles. The molecule has 4 heteroatoms. The lowest BCUT2D eigenvalue weighted by atomic mass is 10.2. The molecule has 0 aliphatic carbocycles. The van der Waals surface area contributed by atoms with Crippen molar-refractivity contribution >= 4 is 17.5 Å². The number of amides is 1. The number of carbonyl (C=O) groups excluding carboxylic acids is 1. The van der Waals surface area contributed by atoms with Gasteiger partial charge in [0.1, 0.15) is 5.75 Å². The normalized spacial score (nSPS) is 10.5. The zero-order chi connectivity index (χ0) is 15.2. The maximum atomic E-state index is 12.2. The molecule has 1 N–H and O–H groups in total. The van der Waals surface area contributed by atoms with Gasteiger partial charge in [0.2, 0.25) is 0 Å². The lowest BCUT2D eigenvalue weighted by Crippen LogP contribution is -2.23. The zero-order valence-corrected chi connectivity index (χ0v) is 12.9. The number of carbonyl (C=O) groups is 1. The fourth-order valence-electron chi connectivity index (χ4n) is 1.90. The Morgan fingerprint density at radius 2 is 1.95 bits per heavy atom. The first-order valence-electron chi connectivity index (χ1n) is 6.84. The number of halogens is 1. The molecule has 21 heavy (non-hydrogen) atoms. The van der Waals surface area contributed by atoms with Crippen LogP contribution in [0.25, 0.3) is 0 Å². The first-order chi connectivity index (χ1) is 10.1. The second-order valence-corrected chi connectivity index (χ2v) is 5.38. The van der Waals surface area contributed by atoms with Crippen molar-refractivity contribution in [1.29, 1.82) is 0 Å². The van der Waals surface area contributed by atoms with E-state index in [2.05, 4.69) is 5.32 Å². The van der Waals surface area contributed by atoms with Gasteiger partial charge >= 0.3 is 0 Å². The minimum atomic E-state index is -0.149. The predicted molar refractivity (Wildman–Crippen MR) is 84.8 cm³/mol. The van der Waals surface area contributed by atoms with E-state index < -0.39 is 0 Å². The van der Waals surface area contributed by atoms with Crippen molar-refractivity contribution in [2.24, 2.45) is 0 Å². The Hall–Kier alpha value is -2.00. The molecule has 1 amide bonds. The number of hydrogen-bond acceptors (Lipinski definition) is 2. The molecule has 0 fully saturated rings. The number of hydrogen-bond donors (Lipinski definition) is 1. The maximum absolute atomic E-state index is 12.2. The fourth-order valence-corrected chi connectivity index (χ4v) is 2.10. The van der Waals surface area contributed by atoms with Crippen LogP contribution < -0.4 is 10.1 Å². The Kier molecular flexibility index (Phi) is 5.23. The molecule has 2 rings (SSSR count). The van der Waals surface area contributed by atoms with Crippen LogP contribution in [-0.2, 0) is 6.54 Å². The van der Waals surface area contributed by atoms with Crippen molar-refractivity contribution in [2.45, 2.75) is 26.5 Å². The van der Waals surface area contributed by atoms with E-state index in [1.165, 1.54) is 0 Å². The fraction of sp³-hybridized carbons (Fsp3) is 0.235. The van der Waals surface area contributed by atoms with Gasteiger partial charge in [-0.25, -0.2) is 0 Å². The van der Waals surface area contributed by atoms with E-state index in [0.29, 0.717) is 22.9 Å². The van der Waals surface area contributed by atoms with Crippen molar-refractivity contribution in [3.8, 4) is 5.75 Å². The number of ether oxygens (including phenoxy) is 1. The van der Waals surface area contributed by atoms with Crippen molar-refractivity contribution in [3.05, 3.63) is 64.7 Å². The highest BCUT2D eigenvalue weighted by Crippen LogP contribution is 2.16. The number of benzene rings is 2. The molecular weight excluding hydrogens is 286 g/mol. The molecule has 0 spiro atoms. The summed E-state index contributed by atoms with van der Waals surface area (Å²) in [6, 6.07) is 14.6. The molecule has 0 atom stereocenters. The summed E-state index contributed by atoms with van der Waals surface area (Å²) >= 11 is 6.06. The van der Waals surface area contributed by atoms with Gasteiger partial charge in [-0.1, -0.05) is 35.9 Å². The van der Waals surface area contributed by atoms with Crippen LogP contribution in [0.2, 0.25) is 5.02 Å². The lowest BCUT2D eigenvalue weighted by molar-refractivity contribution is 0.0950. The highest BCUT2D eigenvalue weighted by molar-refractivity contribution is 6.31. The second kappa shape index (κ2) is 7.14. The van der Waals surface area contributed by atoms with Gasteiger partial charge in [-0.05, 0) is 43.7 Å². The smallest absolute Gasteiger partial charge is 0.251 e. The predicted octanol–water partition coefficient (Wildman–Crippen LogP) is 4.06. The van der Waals surface area contributed by atoms with E-state index in [9.17, 15) is 4.79 Å². The molecule has 0 unspecified atom stereocenters. The van der Waals surface area contributed by atoms with Gasteiger partial charge in [0.15, 0.2) is 0 Å². The summed E-state index contributed by atoms with van der Waals surface area (Å²) in [6.45, 7) is 4.29. The Morgan fingerprint density at radius 1 is 1.19 bits per heavy atom. The Bertz CT molecular complexity index is 626. The largest absolute Gasteiger partial charge is 0.491 e. The molecule has 0 aliphatic rings. The molecule has 0 saturated heterocycles. The van der Waals surface area contributed by atoms with E-state index in [-0.39, 0.29) is 12.0 Å². The molecule has 3 nitrogen and oxygen atoms in total. The monoisotopic (exact) mass is 303 g/mol. The molecular formula is C17H18ClNO2. The summed E-state index contributed by atoms with van der Waals surface area (Å²) in [7, 11) is 0. The average Bonchev–Trinajstić information content (AvgIpc) is 2.45. The van der Waals surface area contributed by atoms with Gasteiger partial charge in [-0.3, -0.25) is 4.79 Å². The highest BCUT2D eigenvalue weighted by Gasteiger charge is 2.08. The molecule has 0 radical (unpaired) electrons. The van der Waals surface area contributed by atoms with E-state index >= 15 is 0 Å². The van der Waals surface area contributed by atoms with Crippen LogP contribution in [0, 0.1) is 0 Å². The van der Waals surface area contributed by atoms with Crippen molar-refractivity contribution < 1.29 is 9.53 Å². The molecule has 0 bridgehead atoms. The van der Waals surface area contributed by atoms with E-state index in [4.69, 9.17) is 16.3 Å². The van der Waals surface area contributed by atoms with Gasteiger partial charge in [0.25, 0.3) is 5.91 Å². The summed E-state index contributed by atoms with van der Waals surface area (Å²) in [4.78, 5) is 12.2. The van der Waals surface area contributed by atoms with E-state index in [0.717, 1.165) is 5.56 Å². The van der Waals surface area contributed by atoms with Gasteiger partial charge < -0.3 is 10.1 Å². The van der Waals surface area contributed by atoms with Crippen molar-refractivity contribution in [1.82, 2.24) is 5.32 Å². The number of nitrogens with one attached hydrogen (secondary N) is 1. The van der Waals surface area contributed by atoms with Crippen molar-refractivity contribution in [2.75, 3.05) is 0 Å². The van der Waals surface area contributed by atoms with Crippen LogP contribution in [0.1, 0.15) is 29.8 Å². The molecule has 0 aromatic heterocycles. The Morgan fingerprint density at radius 3 is 2.67 bits per heavy atom. The van der Waals surface area contributed by atoms with Crippen LogP contribution in [0.3, 0.4) is 0 Å². The van der Waals surface area contributed by atoms with Gasteiger partial charge in [0, 0.05) is 17.1 Å². The first kappa shape index (κ1) is 15.4. The minimum Gasteiger partial charge on any atom is -0.491 e. The minimum absolute atomic E-state index is 0.0754. The third kappa shape index (κ3) is 4.50. The zero-order valence-electron chi connectivity index (χ0n) is 12.1. The van der Waals surface area contributed by atoms with Gasteiger partial charge in [-0.15, -0.1) is 0 Å². The molecule has 0 heterocycles. The van der Waals surface area contributed by atoms with Gasteiger partial charge in [0.05, 0.1) is 6.10 Å². The SMILES string of the molecule is CC(C)Oc1cccc(C(=O)NCc2ccccc2Cl)c1. The number of rotatable bonds is 5. The third-order valence-corrected chi connectivity index (χ3v) is 3.23. The van der Waals surface area contributed by atoms with Gasteiger partial charge in [-0.2, -0.15) is 0 Å². The van der Waals surface area contributed by atoms with Crippen LogP contribution >= 0.6 is 11.6 Å². The van der Waals surface area contributed by atoms with E-state index in [1.807, 2.05) is 44.2 Å². The Balaban J connectivity index is 2.02. The Labute approximate surface area is 129 Å². The maximum Gasteiger partial charge on any atom is 0.251 e. The molecule has 0 saturated carbocycles. The average molecular weight is 304 g/mol. The van der Waals surface area contributed by atoms with Crippen LogP contribution in [0.5, 0.6) is 5.75 Å². The standard InChI is InChI=1S/C17H18ClNO2/c1-12(2)21-15-8-5-7-13(10-15)17(20)19-11-14-6-3-4-9-16(14)18/h3-10,12H,11H2,1-2H3,(H,19,20). The van der Waals surface area contributed by atoms with Crippen LogP contribution in [-0.4, -0.2) is 12.0 Å². The lowest BCUT2D eigenvalue weighted by Gasteiger charge is -2.11. The van der Waals surface area contributed by atoms with Crippen molar-refractivity contribution in [3.63, 3.8) is 0 Å². The molecule has 110 valence electrons. The first-order valence-corrected chi connectivity index (χ1v) is 7.22. The van der Waals surface area contributed by atoms with E-state index in [1.54, 1.807) is 18.2 Å². The van der Waals surface area contributed by atoms with Crippen LogP contribution in [0.4, 0.5) is 0 Å². The second-order valence-electron chi connectivity index (χ2n) is 4.97. The molecule has 2 aromatic rings. The molecule has 0 aliphatic heterocycles. The summed E-state index contributed by atoms with van der Waals surface area (Å²) in [5, 5.41) is 3.51. The summed E-state index contributed by atoms with van der Waals surface area (Å²) in [5.41, 5.74) is 1.46. The summed E-state index contributed by atoms with van der Waals surface area (Å²) < 4.78 is 5.59. The summed E-state index contributed by atoms with van der Waals surface area (Å²) in [6.07, 6.45) is 0.0754. The third-order valence-electron chi connectivity index (χ3n) is 2.87. The van der Waals surface area contributed by atoms with Crippen LogP contribution in [0.15, 0.2) is 48.5 Å². The summed E-state index contributed by atoms with van der Waals surface area (Å²) in [5.74, 6) is 0.541.